The second kappa shape index (κ2) is 6.13. The van der Waals surface area contributed by atoms with Crippen LogP contribution in [0.5, 0.6) is 0 Å². The van der Waals surface area contributed by atoms with Gasteiger partial charge in [0.1, 0.15) is 0 Å². The lowest BCUT2D eigenvalue weighted by Crippen LogP contribution is -2.37. The van der Waals surface area contributed by atoms with Gasteiger partial charge in [0, 0.05) is 13.2 Å². The molecule has 6 heteroatoms. The van der Waals surface area contributed by atoms with E-state index in [0.717, 1.165) is 38.8 Å². The van der Waals surface area contributed by atoms with E-state index in [4.69, 9.17) is 4.74 Å². The van der Waals surface area contributed by atoms with E-state index in [0.29, 0.717) is 19.1 Å². The molecule has 0 saturated carbocycles. The standard InChI is InChI=1S/C11H22N2O3S/c14-17(15,9-11-3-1-2-6-16-11)13-8-10-4-5-12-7-10/h10-13H,1-9H2. The van der Waals surface area contributed by atoms with Crippen LogP contribution in [0.4, 0.5) is 0 Å². The molecule has 0 aromatic heterocycles. The van der Waals surface area contributed by atoms with E-state index in [9.17, 15) is 8.42 Å². The van der Waals surface area contributed by atoms with Gasteiger partial charge in [0.05, 0.1) is 11.9 Å². The number of nitrogens with one attached hydrogen (secondary N) is 2. The summed E-state index contributed by atoms with van der Waals surface area (Å²) in [5.74, 6) is 0.560. The van der Waals surface area contributed by atoms with Gasteiger partial charge < -0.3 is 10.1 Å². The maximum absolute atomic E-state index is 11.8. The van der Waals surface area contributed by atoms with E-state index in [1.54, 1.807) is 0 Å². The first-order chi connectivity index (χ1) is 8.16. The van der Waals surface area contributed by atoms with Gasteiger partial charge in [0.2, 0.25) is 10.0 Å². The molecule has 100 valence electrons. The van der Waals surface area contributed by atoms with Crippen LogP contribution in [0.2, 0.25) is 0 Å². The fourth-order valence-corrected chi connectivity index (χ4v) is 3.74. The molecule has 2 unspecified atom stereocenters. The number of hydrogen-bond acceptors (Lipinski definition) is 4. The molecule has 2 fully saturated rings. The van der Waals surface area contributed by atoms with Crippen molar-refractivity contribution in [2.24, 2.45) is 5.92 Å². The van der Waals surface area contributed by atoms with Crippen molar-refractivity contribution in [1.82, 2.24) is 10.0 Å². The molecular weight excluding hydrogens is 240 g/mol. The summed E-state index contributed by atoms with van der Waals surface area (Å²) >= 11 is 0. The van der Waals surface area contributed by atoms with Crippen LogP contribution < -0.4 is 10.0 Å². The number of rotatable bonds is 5. The van der Waals surface area contributed by atoms with E-state index < -0.39 is 10.0 Å². The minimum Gasteiger partial charge on any atom is -0.377 e. The van der Waals surface area contributed by atoms with Crippen LogP contribution in [-0.4, -0.2) is 46.5 Å². The molecule has 0 amide bonds. The molecule has 2 aliphatic rings. The van der Waals surface area contributed by atoms with Crippen molar-refractivity contribution in [1.29, 1.82) is 0 Å². The van der Waals surface area contributed by atoms with Crippen molar-refractivity contribution in [2.75, 3.05) is 32.0 Å². The zero-order valence-electron chi connectivity index (χ0n) is 10.2. The van der Waals surface area contributed by atoms with E-state index in [-0.39, 0.29) is 11.9 Å². The van der Waals surface area contributed by atoms with Crippen molar-refractivity contribution in [3.8, 4) is 0 Å². The van der Waals surface area contributed by atoms with Gasteiger partial charge in [0.15, 0.2) is 0 Å². The highest BCUT2D eigenvalue weighted by Crippen LogP contribution is 2.14. The Morgan fingerprint density at radius 1 is 1.29 bits per heavy atom. The smallest absolute Gasteiger partial charge is 0.214 e. The van der Waals surface area contributed by atoms with E-state index in [1.807, 2.05) is 0 Å². The van der Waals surface area contributed by atoms with Gasteiger partial charge in [0.25, 0.3) is 0 Å². The number of sulfonamides is 1. The molecule has 0 bridgehead atoms. The van der Waals surface area contributed by atoms with Gasteiger partial charge in [-0.25, -0.2) is 13.1 Å². The van der Waals surface area contributed by atoms with Crippen LogP contribution in [0.3, 0.4) is 0 Å². The fourth-order valence-electron chi connectivity index (χ4n) is 2.38. The molecule has 2 aliphatic heterocycles. The van der Waals surface area contributed by atoms with Crippen LogP contribution in [-0.2, 0) is 14.8 Å². The molecule has 2 rings (SSSR count). The zero-order chi connectivity index (χ0) is 12.1. The molecule has 2 atom stereocenters. The van der Waals surface area contributed by atoms with Gasteiger partial charge >= 0.3 is 0 Å². The van der Waals surface area contributed by atoms with E-state index in [2.05, 4.69) is 10.0 Å². The summed E-state index contributed by atoms with van der Waals surface area (Å²) in [4.78, 5) is 0. The lowest BCUT2D eigenvalue weighted by atomic mass is 10.1. The van der Waals surface area contributed by atoms with Crippen molar-refractivity contribution < 1.29 is 13.2 Å². The Labute approximate surface area is 103 Å². The second-order valence-electron chi connectivity index (χ2n) is 4.98. The molecule has 0 aliphatic carbocycles. The molecule has 17 heavy (non-hydrogen) atoms. The third-order valence-electron chi connectivity index (χ3n) is 3.43. The maximum Gasteiger partial charge on any atom is 0.214 e. The zero-order valence-corrected chi connectivity index (χ0v) is 11.0. The largest absolute Gasteiger partial charge is 0.377 e. The van der Waals surface area contributed by atoms with E-state index >= 15 is 0 Å². The van der Waals surface area contributed by atoms with Crippen LogP contribution in [0.15, 0.2) is 0 Å². The first-order valence-electron chi connectivity index (χ1n) is 6.45. The predicted molar refractivity (Wildman–Crippen MR) is 66.4 cm³/mol. The Kier molecular flexibility index (Phi) is 4.78. The Balaban J connectivity index is 1.73. The Bertz CT molecular complexity index is 320. The topological polar surface area (TPSA) is 67.4 Å². The van der Waals surface area contributed by atoms with Gasteiger partial charge in [-0.15, -0.1) is 0 Å². The minimum absolute atomic E-state index is 0.108. The van der Waals surface area contributed by atoms with Gasteiger partial charge in [-0.1, -0.05) is 0 Å². The molecule has 0 aromatic carbocycles. The first-order valence-corrected chi connectivity index (χ1v) is 8.10. The molecular formula is C11H22N2O3S. The number of ether oxygens (including phenoxy) is 1. The molecule has 0 spiro atoms. The van der Waals surface area contributed by atoms with Gasteiger partial charge in [-0.05, 0) is 44.7 Å². The summed E-state index contributed by atoms with van der Waals surface area (Å²) in [6, 6.07) is 0. The van der Waals surface area contributed by atoms with Crippen molar-refractivity contribution in [3.05, 3.63) is 0 Å². The quantitative estimate of drug-likeness (QED) is 0.736. The van der Waals surface area contributed by atoms with Crippen LogP contribution in [0.1, 0.15) is 25.7 Å². The maximum atomic E-state index is 11.8. The average molecular weight is 262 g/mol. The Hall–Kier alpha value is -0.170. The monoisotopic (exact) mass is 262 g/mol. The highest BCUT2D eigenvalue weighted by molar-refractivity contribution is 7.89. The van der Waals surface area contributed by atoms with E-state index in [1.165, 1.54) is 0 Å². The average Bonchev–Trinajstić information content (AvgIpc) is 2.80. The summed E-state index contributed by atoms with van der Waals surface area (Å²) in [5, 5.41) is 3.23. The van der Waals surface area contributed by atoms with Gasteiger partial charge in [-0.3, -0.25) is 0 Å². The van der Waals surface area contributed by atoms with Crippen molar-refractivity contribution >= 4 is 10.0 Å². The van der Waals surface area contributed by atoms with Crippen LogP contribution in [0, 0.1) is 5.92 Å². The SMILES string of the molecule is O=S(=O)(CC1CCCCO1)NCC1CCNC1. The lowest BCUT2D eigenvalue weighted by molar-refractivity contribution is 0.0304. The van der Waals surface area contributed by atoms with Crippen molar-refractivity contribution in [2.45, 2.75) is 31.8 Å². The van der Waals surface area contributed by atoms with Crippen LogP contribution in [0.25, 0.3) is 0 Å². The highest BCUT2D eigenvalue weighted by Gasteiger charge is 2.23. The summed E-state index contributed by atoms with van der Waals surface area (Å²) in [7, 11) is -3.17. The van der Waals surface area contributed by atoms with Crippen LogP contribution >= 0.6 is 0 Å². The predicted octanol–water partition coefficient (Wildman–Crippen LogP) is 0.0844. The highest BCUT2D eigenvalue weighted by atomic mass is 32.2. The first kappa shape index (κ1) is 13.3. The minimum atomic E-state index is -3.17. The third-order valence-corrected chi connectivity index (χ3v) is 4.85. The molecule has 0 radical (unpaired) electrons. The lowest BCUT2D eigenvalue weighted by Gasteiger charge is -2.22. The normalized spacial score (nSPS) is 30.6. The molecule has 2 heterocycles. The number of hydrogen-bond donors (Lipinski definition) is 2. The third kappa shape index (κ3) is 4.54. The summed E-state index contributed by atoms with van der Waals surface area (Å²) in [6.07, 6.45) is 3.95. The summed E-state index contributed by atoms with van der Waals surface area (Å²) < 4.78 is 31.8. The molecule has 0 aromatic rings. The Morgan fingerprint density at radius 3 is 2.82 bits per heavy atom. The summed E-state index contributed by atoms with van der Waals surface area (Å²) in [6.45, 7) is 3.18. The fraction of sp³-hybridized carbons (Fsp3) is 1.00. The molecule has 2 N–H and O–H groups in total. The molecule has 2 saturated heterocycles. The summed E-state index contributed by atoms with van der Waals surface area (Å²) in [5.41, 5.74) is 0. The Morgan fingerprint density at radius 2 is 2.18 bits per heavy atom. The van der Waals surface area contributed by atoms with Crippen molar-refractivity contribution in [3.63, 3.8) is 0 Å². The van der Waals surface area contributed by atoms with Gasteiger partial charge in [-0.2, -0.15) is 0 Å². The molecule has 5 nitrogen and oxygen atoms in total. The second-order valence-corrected chi connectivity index (χ2v) is 6.83.